The lowest BCUT2D eigenvalue weighted by atomic mass is 10.1. The minimum Gasteiger partial charge on any atom is -0.383 e. The van der Waals surface area contributed by atoms with Gasteiger partial charge in [-0.15, -0.1) is 0 Å². The SMILES string of the molecule is COCC(C)Nc1nccn1CC(C)C1CC1. The van der Waals surface area contributed by atoms with Gasteiger partial charge < -0.3 is 14.6 Å². The molecule has 2 atom stereocenters. The van der Waals surface area contributed by atoms with Gasteiger partial charge in [0, 0.05) is 32.1 Å². The maximum absolute atomic E-state index is 5.12. The number of aromatic nitrogens is 2. The van der Waals surface area contributed by atoms with Gasteiger partial charge in [-0.25, -0.2) is 4.98 Å². The van der Waals surface area contributed by atoms with Crippen molar-refractivity contribution in [2.24, 2.45) is 11.8 Å². The molecular weight excluding hydrogens is 214 g/mol. The van der Waals surface area contributed by atoms with E-state index >= 15 is 0 Å². The highest BCUT2D eigenvalue weighted by Gasteiger charge is 2.28. The van der Waals surface area contributed by atoms with Crippen LogP contribution in [0.5, 0.6) is 0 Å². The van der Waals surface area contributed by atoms with Gasteiger partial charge in [0.1, 0.15) is 0 Å². The number of imidazole rings is 1. The quantitative estimate of drug-likeness (QED) is 0.791. The number of hydrogen-bond donors (Lipinski definition) is 1. The lowest BCUT2D eigenvalue weighted by molar-refractivity contribution is 0.190. The van der Waals surface area contributed by atoms with Gasteiger partial charge >= 0.3 is 0 Å². The summed E-state index contributed by atoms with van der Waals surface area (Å²) in [5.74, 6) is 2.64. The molecule has 0 saturated heterocycles. The van der Waals surface area contributed by atoms with E-state index in [4.69, 9.17) is 4.74 Å². The molecule has 1 aromatic heterocycles. The third-order valence-electron chi connectivity index (χ3n) is 3.42. The number of ether oxygens (including phenoxy) is 1. The van der Waals surface area contributed by atoms with Crippen LogP contribution in [-0.2, 0) is 11.3 Å². The third kappa shape index (κ3) is 3.46. The largest absolute Gasteiger partial charge is 0.383 e. The van der Waals surface area contributed by atoms with E-state index in [0.717, 1.165) is 24.3 Å². The Hall–Kier alpha value is -1.03. The molecule has 96 valence electrons. The number of rotatable bonds is 7. The first-order valence-corrected chi connectivity index (χ1v) is 6.47. The Balaban J connectivity index is 1.91. The highest BCUT2D eigenvalue weighted by molar-refractivity contribution is 5.27. The molecule has 4 heteroatoms. The molecule has 0 amide bonds. The molecule has 0 aliphatic heterocycles. The van der Waals surface area contributed by atoms with Gasteiger partial charge in [-0.3, -0.25) is 0 Å². The van der Waals surface area contributed by atoms with Crippen molar-refractivity contribution >= 4 is 5.95 Å². The van der Waals surface area contributed by atoms with Crippen LogP contribution in [0, 0.1) is 11.8 Å². The lowest BCUT2D eigenvalue weighted by Crippen LogP contribution is -2.24. The van der Waals surface area contributed by atoms with Crippen LogP contribution < -0.4 is 5.32 Å². The minimum absolute atomic E-state index is 0.289. The summed E-state index contributed by atoms with van der Waals surface area (Å²) in [5, 5.41) is 3.38. The summed E-state index contributed by atoms with van der Waals surface area (Å²) in [6.07, 6.45) is 6.72. The van der Waals surface area contributed by atoms with Crippen molar-refractivity contribution in [1.29, 1.82) is 0 Å². The number of nitrogens with one attached hydrogen (secondary N) is 1. The Morgan fingerprint density at radius 2 is 2.29 bits per heavy atom. The van der Waals surface area contributed by atoms with Crippen LogP contribution in [0.15, 0.2) is 12.4 Å². The minimum atomic E-state index is 0.289. The van der Waals surface area contributed by atoms with Gasteiger partial charge in [0.2, 0.25) is 5.95 Å². The van der Waals surface area contributed by atoms with E-state index in [2.05, 4.69) is 34.9 Å². The predicted octanol–water partition coefficient (Wildman–Crippen LogP) is 2.38. The molecule has 1 fully saturated rings. The molecule has 0 radical (unpaired) electrons. The van der Waals surface area contributed by atoms with E-state index in [1.165, 1.54) is 12.8 Å². The van der Waals surface area contributed by atoms with Crippen LogP contribution in [0.25, 0.3) is 0 Å². The third-order valence-corrected chi connectivity index (χ3v) is 3.42. The molecule has 1 N–H and O–H groups in total. The monoisotopic (exact) mass is 237 g/mol. The Labute approximate surface area is 103 Å². The summed E-state index contributed by atoms with van der Waals surface area (Å²) < 4.78 is 7.34. The predicted molar refractivity (Wildman–Crippen MR) is 69.1 cm³/mol. The maximum Gasteiger partial charge on any atom is 0.203 e. The molecular formula is C13H23N3O. The molecule has 0 bridgehead atoms. The first-order chi connectivity index (χ1) is 8.20. The van der Waals surface area contributed by atoms with Crippen LogP contribution in [0.4, 0.5) is 5.95 Å². The summed E-state index contributed by atoms with van der Waals surface area (Å²) in [5.41, 5.74) is 0. The summed E-state index contributed by atoms with van der Waals surface area (Å²) in [6.45, 7) is 6.20. The van der Waals surface area contributed by atoms with Crippen molar-refractivity contribution < 1.29 is 4.74 Å². The molecule has 4 nitrogen and oxygen atoms in total. The van der Waals surface area contributed by atoms with Crippen LogP contribution in [0.1, 0.15) is 26.7 Å². The van der Waals surface area contributed by atoms with Crippen LogP contribution in [0.3, 0.4) is 0 Å². The van der Waals surface area contributed by atoms with Crippen molar-refractivity contribution in [3.63, 3.8) is 0 Å². The second-order valence-corrected chi connectivity index (χ2v) is 5.22. The highest BCUT2D eigenvalue weighted by Crippen LogP contribution is 2.37. The Morgan fingerprint density at radius 3 is 2.94 bits per heavy atom. The van der Waals surface area contributed by atoms with E-state index in [1.54, 1.807) is 7.11 Å². The van der Waals surface area contributed by atoms with E-state index in [0.29, 0.717) is 6.61 Å². The zero-order chi connectivity index (χ0) is 12.3. The van der Waals surface area contributed by atoms with Crippen molar-refractivity contribution in [1.82, 2.24) is 9.55 Å². The average Bonchev–Trinajstić information content (AvgIpc) is 3.04. The highest BCUT2D eigenvalue weighted by atomic mass is 16.5. The van der Waals surface area contributed by atoms with Gasteiger partial charge in [0.15, 0.2) is 0 Å². The molecule has 17 heavy (non-hydrogen) atoms. The molecule has 0 spiro atoms. The lowest BCUT2D eigenvalue weighted by Gasteiger charge is -2.17. The molecule has 1 heterocycles. The molecule has 1 aliphatic carbocycles. The topological polar surface area (TPSA) is 39.1 Å². The first-order valence-electron chi connectivity index (χ1n) is 6.47. The number of anilines is 1. The zero-order valence-corrected chi connectivity index (χ0v) is 11.0. The van der Waals surface area contributed by atoms with Crippen LogP contribution in [-0.4, -0.2) is 29.3 Å². The summed E-state index contributed by atoms with van der Waals surface area (Å²) in [7, 11) is 1.72. The molecule has 1 saturated carbocycles. The fourth-order valence-corrected chi connectivity index (χ4v) is 2.23. The second kappa shape index (κ2) is 5.54. The molecule has 2 unspecified atom stereocenters. The maximum atomic E-state index is 5.12. The molecule has 1 aliphatic rings. The van der Waals surface area contributed by atoms with Gasteiger partial charge in [0.05, 0.1) is 6.61 Å². The fourth-order valence-electron chi connectivity index (χ4n) is 2.23. The number of methoxy groups -OCH3 is 1. The van der Waals surface area contributed by atoms with Gasteiger partial charge in [-0.1, -0.05) is 6.92 Å². The summed E-state index contributed by atoms with van der Waals surface area (Å²) in [4.78, 5) is 4.37. The molecule has 0 aromatic carbocycles. The van der Waals surface area contributed by atoms with E-state index in [-0.39, 0.29) is 6.04 Å². The fraction of sp³-hybridized carbons (Fsp3) is 0.769. The average molecular weight is 237 g/mol. The van der Waals surface area contributed by atoms with Gasteiger partial charge in [0.25, 0.3) is 0 Å². The summed E-state index contributed by atoms with van der Waals surface area (Å²) in [6, 6.07) is 0.289. The second-order valence-electron chi connectivity index (χ2n) is 5.22. The molecule has 2 rings (SSSR count). The Kier molecular flexibility index (Phi) is 4.05. The van der Waals surface area contributed by atoms with E-state index in [1.807, 2.05) is 6.20 Å². The van der Waals surface area contributed by atoms with Crippen molar-refractivity contribution in [3.05, 3.63) is 12.4 Å². The Morgan fingerprint density at radius 1 is 1.53 bits per heavy atom. The van der Waals surface area contributed by atoms with Gasteiger partial charge in [-0.05, 0) is 31.6 Å². The van der Waals surface area contributed by atoms with Crippen LogP contribution >= 0.6 is 0 Å². The van der Waals surface area contributed by atoms with Crippen molar-refractivity contribution in [2.45, 2.75) is 39.3 Å². The zero-order valence-electron chi connectivity index (χ0n) is 11.0. The van der Waals surface area contributed by atoms with Crippen molar-refractivity contribution in [3.8, 4) is 0 Å². The smallest absolute Gasteiger partial charge is 0.203 e. The van der Waals surface area contributed by atoms with E-state index < -0.39 is 0 Å². The normalized spacial score (nSPS) is 19.0. The first kappa shape index (κ1) is 12.4. The standard InChI is InChI=1S/C13H23N3O/c1-10(12-4-5-12)8-16-7-6-14-13(16)15-11(2)9-17-3/h6-7,10-12H,4-5,8-9H2,1-3H3,(H,14,15). The van der Waals surface area contributed by atoms with E-state index in [9.17, 15) is 0 Å². The number of nitrogens with zero attached hydrogens (tertiary/aromatic N) is 2. The van der Waals surface area contributed by atoms with Gasteiger partial charge in [-0.2, -0.15) is 0 Å². The molecule has 1 aromatic rings. The number of hydrogen-bond acceptors (Lipinski definition) is 3. The Bertz CT molecular complexity index is 346. The van der Waals surface area contributed by atoms with Crippen LogP contribution in [0.2, 0.25) is 0 Å². The summed E-state index contributed by atoms with van der Waals surface area (Å²) >= 11 is 0. The van der Waals surface area contributed by atoms with Crippen molar-refractivity contribution in [2.75, 3.05) is 19.0 Å².